The van der Waals surface area contributed by atoms with E-state index in [0.29, 0.717) is 22.3 Å². The summed E-state index contributed by atoms with van der Waals surface area (Å²) in [5, 5.41) is 4.90. The van der Waals surface area contributed by atoms with Crippen LogP contribution >= 0.6 is 19.4 Å². The molecule has 1 aliphatic heterocycles. The summed E-state index contributed by atoms with van der Waals surface area (Å²) in [4.78, 5) is 10.3. The van der Waals surface area contributed by atoms with Crippen molar-refractivity contribution in [3.05, 3.63) is 24.3 Å². The molecule has 1 aromatic heterocycles. The summed E-state index contributed by atoms with van der Waals surface area (Å²) in [6.07, 6.45) is 0. The van der Waals surface area contributed by atoms with Crippen LogP contribution in [0, 0.1) is 0 Å². The molecule has 130 valence electrons. The lowest BCUT2D eigenvalue weighted by Crippen LogP contribution is -2.47. The van der Waals surface area contributed by atoms with Crippen LogP contribution in [0.5, 0.6) is 5.75 Å². The number of aromatic nitrogens is 3. The van der Waals surface area contributed by atoms with Gasteiger partial charge in [-0.05, 0) is 23.9 Å². The summed E-state index contributed by atoms with van der Waals surface area (Å²) in [6.45, 7) is 0. The van der Waals surface area contributed by atoms with Gasteiger partial charge in [-0.3, -0.25) is 10.4 Å². The number of para-hydroxylation sites is 1. The summed E-state index contributed by atoms with van der Waals surface area (Å²) in [5.41, 5.74) is -0.983. The number of hydrogen-bond acceptors (Lipinski definition) is 7. The standard InChI is InChI=1S/C13H17N4O5PS/c1-20-10-7-5-4-6-9(10)11-15-17-12(16(11)14)24-8-13(17,21-2)23(18,19)22-3/h4-7H,8,14H2,1-3H3/p+1. The van der Waals surface area contributed by atoms with Crippen LogP contribution in [0.15, 0.2) is 29.4 Å². The summed E-state index contributed by atoms with van der Waals surface area (Å²) in [5.74, 6) is 7.28. The van der Waals surface area contributed by atoms with Crippen molar-refractivity contribution >= 4 is 19.4 Å². The first-order chi connectivity index (χ1) is 11.4. The van der Waals surface area contributed by atoms with Gasteiger partial charge in [-0.15, -0.1) is 4.68 Å². The highest BCUT2D eigenvalue weighted by Crippen LogP contribution is 2.62. The number of nitrogens with zero attached hydrogens (tertiary/aromatic N) is 3. The first kappa shape index (κ1) is 17.2. The molecule has 0 saturated carbocycles. The Hall–Kier alpha value is -1.58. The number of thioether (sulfide) groups is 1. The zero-order chi connectivity index (χ0) is 17.5. The topological polar surface area (TPSA) is 113 Å². The van der Waals surface area contributed by atoms with Crippen LogP contribution < -0.4 is 15.3 Å². The quantitative estimate of drug-likeness (QED) is 0.449. The molecule has 0 fully saturated rings. The molecule has 11 heteroatoms. The van der Waals surface area contributed by atoms with E-state index in [-0.39, 0.29) is 5.75 Å². The van der Waals surface area contributed by atoms with Gasteiger partial charge in [0.2, 0.25) is 0 Å². The number of hydrogen-bond donors (Lipinski definition) is 2. The van der Waals surface area contributed by atoms with Gasteiger partial charge in [0.25, 0.3) is 0 Å². The van der Waals surface area contributed by atoms with Crippen molar-refractivity contribution < 1.29 is 28.1 Å². The average Bonchev–Trinajstić information content (AvgIpc) is 3.13. The summed E-state index contributed by atoms with van der Waals surface area (Å²) in [6, 6.07) is 7.23. The van der Waals surface area contributed by atoms with Gasteiger partial charge in [0.15, 0.2) is 0 Å². The highest BCUT2D eigenvalue weighted by Gasteiger charge is 2.63. The Morgan fingerprint density at radius 1 is 1.42 bits per heavy atom. The van der Waals surface area contributed by atoms with E-state index < -0.39 is 13.1 Å². The van der Waals surface area contributed by atoms with Crippen LogP contribution in [-0.2, 0) is 19.3 Å². The van der Waals surface area contributed by atoms with E-state index in [1.54, 1.807) is 19.2 Å². The number of ether oxygens (including phenoxy) is 2. The highest BCUT2D eigenvalue weighted by atomic mass is 32.2. The first-order valence-corrected chi connectivity index (χ1v) is 9.48. The maximum atomic E-state index is 12.5. The fraction of sp³-hybridized carbons (Fsp3) is 0.385. The number of nitrogens with two attached hydrogens (primary N) is 1. The lowest BCUT2D eigenvalue weighted by molar-refractivity contribution is -0.668. The minimum atomic E-state index is -4.14. The van der Waals surface area contributed by atoms with E-state index in [1.165, 1.54) is 28.2 Å². The Bertz CT molecular complexity index is 829. The minimum absolute atomic E-state index is 0.150. The molecule has 3 N–H and O–H groups in total. The zero-order valence-corrected chi connectivity index (χ0v) is 15.1. The van der Waals surface area contributed by atoms with E-state index >= 15 is 0 Å². The lowest BCUT2D eigenvalue weighted by atomic mass is 10.2. The van der Waals surface area contributed by atoms with Crippen molar-refractivity contribution in [1.82, 2.24) is 9.78 Å². The molecule has 0 spiro atoms. The number of benzene rings is 1. The van der Waals surface area contributed by atoms with E-state index in [0.717, 1.165) is 7.11 Å². The van der Waals surface area contributed by atoms with Crippen molar-refractivity contribution in [2.24, 2.45) is 0 Å². The summed E-state index contributed by atoms with van der Waals surface area (Å²) in [7, 11) is -0.104. The summed E-state index contributed by atoms with van der Waals surface area (Å²) >= 11 is 1.26. The molecule has 24 heavy (non-hydrogen) atoms. The van der Waals surface area contributed by atoms with Gasteiger partial charge in [0.05, 0.1) is 23.5 Å². The van der Waals surface area contributed by atoms with Gasteiger partial charge in [-0.1, -0.05) is 16.8 Å². The molecule has 2 unspecified atom stereocenters. The fourth-order valence-corrected chi connectivity index (χ4v) is 5.48. The monoisotopic (exact) mass is 373 g/mol. The second-order valence-electron chi connectivity index (χ2n) is 5.03. The normalized spacial score (nSPS) is 22.2. The van der Waals surface area contributed by atoms with Crippen LogP contribution in [0.3, 0.4) is 0 Å². The van der Waals surface area contributed by atoms with Crippen molar-refractivity contribution in [1.29, 1.82) is 0 Å². The predicted octanol–water partition coefficient (Wildman–Crippen LogP) is 0.754. The Morgan fingerprint density at radius 3 is 2.75 bits per heavy atom. The van der Waals surface area contributed by atoms with Crippen LogP contribution in [-0.4, -0.2) is 41.8 Å². The Labute approximate surface area is 142 Å². The largest absolute Gasteiger partial charge is 0.496 e. The second kappa shape index (κ2) is 6.05. The number of rotatable bonds is 5. The maximum absolute atomic E-state index is 12.5. The smallest absolute Gasteiger partial charge is 0.399 e. The molecule has 3 rings (SSSR count). The van der Waals surface area contributed by atoms with Gasteiger partial charge in [0.1, 0.15) is 5.75 Å². The Morgan fingerprint density at radius 2 is 2.12 bits per heavy atom. The number of methoxy groups -OCH3 is 2. The molecule has 0 amide bonds. The minimum Gasteiger partial charge on any atom is -0.496 e. The SMILES string of the molecule is COc1ccccc1-c1nn2c([n+]1N)SCC2(OC)P(=O)(O)OC. The van der Waals surface area contributed by atoms with E-state index in [4.69, 9.17) is 19.8 Å². The molecule has 0 radical (unpaired) electrons. The van der Waals surface area contributed by atoms with Gasteiger partial charge in [-0.25, -0.2) is 0 Å². The molecule has 1 aliphatic rings. The van der Waals surface area contributed by atoms with Gasteiger partial charge in [0, 0.05) is 14.2 Å². The summed E-state index contributed by atoms with van der Waals surface area (Å²) < 4.78 is 30.7. The van der Waals surface area contributed by atoms with Gasteiger partial charge in [-0.2, -0.15) is 0 Å². The molecule has 0 bridgehead atoms. The van der Waals surface area contributed by atoms with Crippen molar-refractivity contribution in [3.8, 4) is 17.1 Å². The van der Waals surface area contributed by atoms with Crippen LogP contribution in [0.2, 0.25) is 0 Å². The highest BCUT2D eigenvalue weighted by molar-refractivity contribution is 7.99. The molecular formula is C13H18N4O5PS+. The van der Waals surface area contributed by atoms with Crippen LogP contribution in [0.25, 0.3) is 11.4 Å². The third-order valence-corrected chi connectivity index (χ3v) is 7.18. The molecule has 2 aromatic rings. The van der Waals surface area contributed by atoms with E-state index in [9.17, 15) is 9.46 Å². The van der Waals surface area contributed by atoms with Crippen molar-refractivity contribution in [2.45, 2.75) is 10.6 Å². The maximum Gasteiger partial charge on any atom is 0.399 e. The van der Waals surface area contributed by atoms with E-state index in [2.05, 4.69) is 5.10 Å². The molecule has 9 nitrogen and oxygen atoms in total. The predicted molar refractivity (Wildman–Crippen MR) is 87.1 cm³/mol. The first-order valence-electron chi connectivity index (χ1n) is 6.92. The van der Waals surface area contributed by atoms with Crippen LogP contribution in [0.1, 0.15) is 0 Å². The fourth-order valence-electron chi connectivity index (χ4n) is 2.57. The number of fused-ring (bicyclic) bond motifs is 1. The average molecular weight is 373 g/mol. The van der Waals surface area contributed by atoms with Gasteiger partial charge < -0.3 is 18.9 Å². The molecular weight excluding hydrogens is 355 g/mol. The molecule has 2 atom stereocenters. The lowest BCUT2D eigenvalue weighted by Gasteiger charge is -2.25. The Kier molecular flexibility index (Phi) is 4.35. The molecule has 2 heterocycles. The van der Waals surface area contributed by atoms with Gasteiger partial charge >= 0.3 is 24.0 Å². The zero-order valence-electron chi connectivity index (χ0n) is 13.4. The third kappa shape index (κ3) is 2.26. The van der Waals surface area contributed by atoms with Crippen molar-refractivity contribution in [2.75, 3.05) is 32.9 Å². The molecule has 0 saturated heterocycles. The van der Waals surface area contributed by atoms with Crippen LogP contribution in [0.4, 0.5) is 0 Å². The number of nitrogen functional groups attached to an aromatic ring is 1. The Balaban J connectivity index is 2.21. The van der Waals surface area contributed by atoms with Crippen molar-refractivity contribution in [3.63, 3.8) is 0 Å². The molecule has 1 aromatic carbocycles. The molecule has 0 aliphatic carbocycles. The third-order valence-electron chi connectivity index (χ3n) is 3.89. The second-order valence-corrected chi connectivity index (χ2v) is 8.07. The van der Waals surface area contributed by atoms with E-state index in [1.807, 2.05) is 12.1 Å².